The van der Waals surface area contributed by atoms with E-state index >= 15 is 0 Å². The molecular weight excluding hydrogens is 220 g/mol. The van der Waals surface area contributed by atoms with Crippen molar-refractivity contribution in [1.29, 1.82) is 0 Å². The summed E-state index contributed by atoms with van der Waals surface area (Å²) >= 11 is 0. The van der Waals surface area contributed by atoms with Crippen LogP contribution in [0.4, 0.5) is 0 Å². The van der Waals surface area contributed by atoms with Crippen molar-refractivity contribution in [1.82, 2.24) is 0 Å². The van der Waals surface area contributed by atoms with Crippen molar-refractivity contribution in [2.45, 2.75) is 6.42 Å². The van der Waals surface area contributed by atoms with Crippen LogP contribution in [0.15, 0.2) is 24.3 Å². The van der Waals surface area contributed by atoms with Gasteiger partial charge in [0.1, 0.15) is 11.5 Å². The van der Waals surface area contributed by atoms with Gasteiger partial charge in [0.05, 0.1) is 6.61 Å². The Morgan fingerprint density at radius 1 is 1.35 bits per heavy atom. The Hall–Kier alpha value is -1.26. The summed E-state index contributed by atoms with van der Waals surface area (Å²) in [5, 5.41) is 18.5. The molecule has 0 aliphatic carbocycles. The van der Waals surface area contributed by atoms with Crippen LogP contribution >= 0.6 is 0 Å². The predicted octanol–water partition coefficient (Wildman–Crippen LogP) is 1.42. The van der Waals surface area contributed by atoms with E-state index in [0.717, 1.165) is 13.0 Å². The molecule has 4 heteroatoms. The van der Waals surface area contributed by atoms with Crippen molar-refractivity contribution >= 4 is 0 Å². The molecule has 4 nitrogen and oxygen atoms in total. The molecule has 1 heterocycles. The Balaban J connectivity index is 1.84. The third kappa shape index (κ3) is 3.35. The number of aliphatic hydroxyl groups excluding tert-OH is 1. The molecule has 1 aliphatic heterocycles. The fraction of sp³-hybridized carbons (Fsp3) is 0.538. The second-order valence-electron chi connectivity index (χ2n) is 4.37. The summed E-state index contributed by atoms with van der Waals surface area (Å²) < 4.78 is 10.9. The van der Waals surface area contributed by atoms with E-state index in [0.29, 0.717) is 24.9 Å². The van der Waals surface area contributed by atoms with E-state index in [1.807, 2.05) is 0 Å². The molecule has 0 amide bonds. The fourth-order valence-corrected chi connectivity index (χ4v) is 2.01. The largest absolute Gasteiger partial charge is 0.508 e. The minimum Gasteiger partial charge on any atom is -0.508 e. The predicted molar refractivity (Wildman–Crippen MR) is 63.1 cm³/mol. The van der Waals surface area contributed by atoms with E-state index < -0.39 is 0 Å². The summed E-state index contributed by atoms with van der Waals surface area (Å²) in [7, 11) is 0. The molecule has 0 radical (unpaired) electrons. The zero-order chi connectivity index (χ0) is 12.1. The summed E-state index contributed by atoms with van der Waals surface area (Å²) in [5.74, 6) is 1.43. The molecule has 0 saturated carbocycles. The summed E-state index contributed by atoms with van der Waals surface area (Å²) in [6.45, 7) is 2.09. The van der Waals surface area contributed by atoms with Crippen LogP contribution in [0.25, 0.3) is 0 Å². The van der Waals surface area contributed by atoms with Crippen molar-refractivity contribution < 1.29 is 19.7 Å². The molecule has 0 aromatic heterocycles. The highest BCUT2D eigenvalue weighted by Crippen LogP contribution is 2.23. The molecule has 1 aromatic rings. The van der Waals surface area contributed by atoms with Gasteiger partial charge in [-0.1, -0.05) is 0 Å². The van der Waals surface area contributed by atoms with Crippen LogP contribution in [0, 0.1) is 11.8 Å². The molecule has 2 atom stereocenters. The number of benzene rings is 1. The molecule has 1 fully saturated rings. The molecule has 1 aromatic carbocycles. The first-order chi connectivity index (χ1) is 8.29. The van der Waals surface area contributed by atoms with Gasteiger partial charge >= 0.3 is 0 Å². The van der Waals surface area contributed by atoms with Crippen molar-refractivity contribution in [2.24, 2.45) is 11.8 Å². The van der Waals surface area contributed by atoms with Gasteiger partial charge < -0.3 is 19.7 Å². The number of phenolic OH excluding ortho intramolecular Hbond substituents is 1. The lowest BCUT2D eigenvalue weighted by atomic mass is 9.93. The monoisotopic (exact) mass is 238 g/mol. The molecular formula is C13H18O4. The van der Waals surface area contributed by atoms with Crippen LogP contribution in [0.1, 0.15) is 6.42 Å². The molecule has 2 N–H and O–H groups in total. The Morgan fingerprint density at radius 2 is 2.12 bits per heavy atom. The molecule has 0 spiro atoms. The maximum atomic E-state index is 9.33. The van der Waals surface area contributed by atoms with Gasteiger partial charge in [-0.3, -0.25) is 0 Å². The maximum Gasteiger partial charge on any atom is 0.119 e. The first-order valence-corrected chi connectivity index (χ1v) is 5.90. The minimum atomic E-state index is 0.117. The zero-order valence-electron chi connectivity index (χ0n) is 9.71. The highest BCUT2D eigenvalue weighted by Gasteiger charge is 2.25. The minimum absolute atomic E-state index is 0.117. The number of rotatable bonds is 5. The van der Waals surface area contributed by atoms with Crippen LogP contribution in [0.3, 0.4) is 0 Å². The highest BCUT2D eigenvalue weighted by molar-refractivity contribution is 5.30. The number of hydrogen-bond acceptors (Lipinski definition) is 4. The lowest BCUT2D eigenvalue weighted by Crippen LogP contribution is -2.25. The second-order valence-corrected chi connectivity index (χ2v) is 4.37. The third-order valence-electron chi connectivity index (χ3n) is 3.17. The number of aliphatic hydroxyl groups is 1. The zero-order valence-corrected chi connectivity index (χ0v) is 9.71. The molecule has 2 rings (SSSR count). The number of ether oxygens (including phenoxy) is 2. The second kappa shape index (κ2) is 5.89. The van der Waals surface area contributed by atoms with Crippen LogP contribution in [-0.4, -0.2) is 36.6 Å². The Bertz CT molecular complexity index is 330. The van der Waals surface area contributed by atoms with Crippen molar-refractivity contribution in [2.75, 3.05) is 26.4 Å². The van der Waals surface area contributed by atoms with Gasteiger partial charge in [-0.2, -0.15) is 0 Å². The quantitative estimate of drug-likeness (QED) is 0.814. The molecule has 17 heavy (non-hydrogen) atoms. The average Bonchev–Trinajstić information content (AvgIpc) is 2.86. The summed E-state index contributed by atoms with van der Waals surface area (Å²) in [6.07, 6.45) is 0.990. The summed E-state index contributed by atoms with van der Waals surface area (Å²) in [5.41, 5.74) is 0. The molecule has 2 unspecified atom stereocenters. The van der Waals surface area contributed by atoms with Gasteiger partial charge in [0, 0.05) is 25.7 Å². The SMILES string of the molecule is OCC(COc1ccc(O)cc1)C1CCOC1. The average molecular weight is 238 g/mol. The van der Waals surface area contributed by atoms with E-state index in [1.165, 1.54) is 0 Å². The summed E-state index contributed by atoms with van der Waals surface area (Å²) in [6, 6.07) is 6.60. The third-order valence-corrected chi connectivity index (χ3v) is 3.17. The maximum absolute atomic E-state index is 9.33. The van der Waals surface area contributed by atoms with E-state index in [2.05, 4.69) is 0 Å². The van der Waals surface area contributed by atoms with Gasteiger partial charge in [0.15, 0.2) is 0 Å². The van der Waals surface area contributed by atoms with Crippen LogP contribution in [0.2, 0.25) is 0 Å². The smallest absolute Gasteiger partial charge is 0.119 e. The van der Waals surface area contributed by atoms with Crippen molar-refractivity contribution in [3.8, 4) is 11.5 Å². The highest BCUT2D eigenvalue weighted by atomic mass is 16.5. The lowest BCUT2D eigenvalue weighted by Gasteiger charge is -2.20. The van der Waals surface area contributed by atoms with E-state index in [9.17, 15) is 5.11 Å². The number of phenols is 1. The van der Waals surface area contributed by atoms with E-state index in [4.69, 9.17) is 14.6 Å². The van der Waals surface area contributed by atoms with Crippen molar-refractivity contribution in [3.05, 3.63) is 24.3 Å². The van der Waals surface area contributed by atoms with E-state index in [1.54, 1.807) is 24.3 Å². The van der Waals surface area contributed by atoms with Gasteiger partial charge in [-0.05, 0) is 36.6 Å². The Kier molecular flexibility index (Phi) is 4.23. The summed E-state index contributed by atoms with van der Waals surface area (Å²) in [4.78, 5) is 0. The first-order valence-electron chi connectivity index (χ1n) is 5.90. The molecule has 1 saturated heterocycles. The van der Waals surface area contributed by atoms with Crippen LogP contribution in [0.5, 0.6) is 11.5 Å². The van der Waals surface area contributed by atoms with Crippen LogP contribution < -0.4 is 4.74 Å². The lowest BCUT2D eigenvalue weighted by molar-refractivity contribution is 0.102. The van der Waals surface area contributed by atoms with Gasteiger partial charge in [-0.15, -0.1) is 0 Å². The topological polar surface area (TPSA) is 58.9 Å². The molecule has 0 bridgehead atoms. The van der Waals surface area contributed by atoms with Gasteiger partial charge in [-0.25, -0.2) is 0 Å². The normalized spacial score (nSPS) is 21.4. The van der Waals surface area contributed by atoms with Gasteiger partial charge in [0.25, 0.3) is 0 Å². The van der Waals surface area contributed by atoms with Crippen molar-refractivity contribution in [3.63, 3.8) is 0 Å². The molecule has 94 valence electrons. The van der Waals surface area contributed by atoms with Crippen LogP contribution in [-0.2, 0) is 4.74 Å². The number of hydrogen-bond donors (Lipinski definition) is 2. The van der Waals surface area contributed by atoms with E-state index in [-0.39, 0.29) is 18.3 Å². The fourth-order valence-electron chi connectivity index (χ4n) is 2.01. The Labute approximate surface area is 101 Å². The standard InChI is InChI=1S/C13H18O4/c14-7-11(10-5-6-16-8-10)9-17-13-3-1-12(15)2-4-13/h1-4,10-11,14-15H,5-9H2. The number of aromatic hydroxyl groups is 1. The van der Waals surface area contributed by atoms with Gasteiger partial charge in [0.2, 0.25) is 0 Å². The Morgan fingerprint density at radius 3 is 2.71 bits per heavy atom. The first kappa shape index (κ1) is 12.2. The molecule has 1 aliphatic rings.